The lowest BCUT2D eigenvalue weighted by atomic mass is 10.1. The standard InChI is InChI=1S/C25H18N8O2S/c1-35-20-9-14(10-21-18(20)11-22(36-21)25(34)31-17-4-7-27-28-13-17)24-26-6-5-23(32-24)30-16-2-3-19-15(8-16)12-29-33-19/h2-13H,1H3,(H,29,33)(H,26,30,32)(H,27,31,34). The number of fused-ring (bicyclic) bond motifs is 2. The van der Waals surface area contributed by atoms with Crippen LogP contribution < -0.4 is 15.4 Å². The van der Waals surface area contributed by atoms with Gasteiger partial charge in [-0.05, 0) is 48.5 Å². The minimum absolute atomic E-state index is 0.232. The number of benzene rings is 2. The normalized spacial score (nSPS) is 11.0. The Kier molecular flexibility index (Phi) is 5.43. The van der Waals surface area contributed by atoms with Crippen molar-refractivity contribution in [1.29, 1.82) is 0 Å². The topological polar surface area (TPSA) is 131 Å². The highest BCUT2D eigenvalue weighted by Crippen LogP contribution is 2.37. The number of aromatic amines is 1. The van der Waals surface area contributed by atoms with Crippen molar-refractivity contribution in [3.63, 3.8) is 0 Å². The fourth-order valence-corrected chi connectivity index (χ4v) is 4.82. The predicted octanol–water partition coefficient (Wildman–Crippen LogP) is 5.03. The molecule has 176 valence electrons. The molecule has 0 aliphatic carbocycles. The van der Waals surface area contributed by atoms with Gasteiger partial charge in [-0.2, -0.15) is 15.3 Å². The highest BCUT2D eigenvalue weighted by atomic mass is 32.1. The first kappa shape index (κ1) is 21.6. The number of rotatable bonds is 6. The maximum absolute atomic E-state index is 12.8. The number of methoxy groups -OCH3 is 1. The number of H-pyrrole nitrogens is 1. The Morgan fingerprint density at radius 3 is 2.81 bits per heavy atom. The van der Waals surface area contributed by atoms with E-state index in [1.165, 1.54) is 23.7 Å². The van der Waals surface area contributed by atoms with Crippen LogP contribution in [0.4, 0.5) is 17.2 Å². The molecule has 6 rings (SSSR count). The Hall–Kier alpha value is -4.90. The SMILES string of the molecule is COc1cc(-c2nccc(Nc3ccc4[nH]ncc4c3)n2)cc2sc(C(=O)Nc3ccnnc3)cc12. The number of hydrogen-bond donors (Lipinski definition) is 3. The number of ether oxygens (including phenoxy) is 1. The van der Waals surface area contributed by atoms with E-state index in [1.807, 2.05) is 36.4 Å². The number of anilines is 3. The van der Waals surface area contributed by atoms with Gasteiger partial charge in [-0.25, -0.2) is 9.97 Å². The van der Waals surface area contributed by atoms with Gasteiger partial charge in [0.25, 0.3) is 5.91 Å². The zero-order chi connectivity index (χ0) is 24.5. The summed E-state index contributed by atoms with van der Waals surface area (Å²) in [6.45, 7) is 0. The van der Waals surface area contributed by atoms with E-state index in [9.17, 15) is 4.79 Å². The second-order valence-electron chi connectivity index (χ2n) is 7.85. The first-order valence-electron chi connectivity index (χ1n) is 10.9. The second-order valence-corrected chi connectivity index (χ2v) is 8.93. The van der Waals surface area contributed by atoms with Crippen molar-refractivity contribution >= 4 is 55.4 Å². The smallest absolute Gasteiger partial charge is 0.265 e. The van der Waals surface area contributed by atoms with Crippen LogP contribution >= 0.6 is 11.3 Å². The largest absolute Gasteiger partial charge is 0.496 e. The van der Waals surface area contributed by atoms with Crippen LogP contribution in [0.2, 0.25) is 0 Å². The quantitative estimate of drug-likeness (QED) is 0.294. The highest BCUT2D eigenvalue weighted by Gasteiger charge is 2.16. The Labute approximate surface area is 208 Å². The van der Waals surface area contributed by atoms with Crippen LogP contribution in [0.1, 0.15) is 9.67 Å². The molecule has 0 saturated carbocycles. The minimum atomic E-state index is -0.232. The van der Waals surface area contributed by atoms with E-state index in [0.29, 0.717) is 28.0 Å². The van der Waals surface area contributed by atoms with Crippen LogP contribution in [0.3, 0.4) is 0 Å². The van der Waals surface area contributed by atoms with E-state index in [-0.39, 0.29) is 5.91 Å². The number of nitrogens with one attached hydrogen (secondary N) is 3. The molecule has 10 nitrogen and oxygen atoms in total. The average Bonchev–Trinajstić information content (AvgIpc) is 3.56. The summed E-state index contributed by atoms with van der Waals surface area (Å²) >= 11 is 1.36. The molecule has 0 aliphatic heterocycles. The lowest BCUT2D eigenvalue weighted by Gasteiger charge is -2.09. The maximum Gasteiger partial charge on any atom is 0.265 e. The van der Waals surface area contributed by atoms with Crippen LogP contribution in [-0.4, -0.2) is 43.4 Å². The highest BCUT2D eigenvalue weighted by molar-refractivity contribution is 7.21. The molecule has 0 bridgehead atoms. The lowest BCUT2D eigenvalue weighted by molar-refractivity contribution is 0.103. The van der Waals surface area contributed by atoms with Gasteiger partial charge in [-0.15, -0.1) is 11.3 Å². The maximum atomic E-state index is 12.8. The number of aromatic nitrogens is 6. The van der Waals surface area contributed by atoms with Crippen molar-refractivity contribution in [3.05, 3.63) is 78.2 Å². The molecule has 36 heavy (non-hydrogen) atoms. The molecule has 0 saturated heterocycles. The Balaban J connectivity index is 1.31. The van der Waals surface area contributed by atoms with Crippen molar-refractivity contribution in [1.82, 2.24) is 30.4 Å². The molecular weight excluding hydrogens is 476 g/mol. The molecular formula is C25H18N8O2S. The van der Waals surface area contributed by atoms with Gasteiger partial charge < -0.3 is 15.4 Å². The second kappa shape index (κ2) is 9.04. The summed E-state index contributed by atoms with van der Waals surface area (Å²) in [6.07, 6.45) is 6.49. The van der Waals surface area contributed by atoms with Crippen LogP contribution in [0, 0.1) is 0 Å². The molecule has 2 aromatic carbocycles. The van der Waals surface area contributed by atoms with Crippen LogP contribution in [-0.2, 0) is 0 Å². The fourth-order valence-electron chi connectivity index (χ4n) is 3.81. The third-order valence-electron chi connectivity index (χ3n) is 5.51. The van der Waals surface area contributed by atoms with Gasteiger partial charge in [0, 0.05) is 32.9 Å². The minimum Gasteiger partial charge on any atom is -0.496 e. The van der Waals surface area contributed by atoms with Gasteiger partial charge in [0.2, 0.25) is 0 Å². The Morgan fingerprint density at radius 1 is 1.00 bits per heavy atom. The molecule has 0 aliphatic rings. The molecule has 3 N–H and O–H groups in total. The number of amides is 1. The molecule has 0 fully saturated rings. The van der Waals surface area contributed by atoms with E-state index in [2.05, 4.69) is 36.0 Å². The van der Waals surface area contributed by atoms with E-state index in [1.54, 1.807) is 31.6 Å². The summed E-state index contributed by atoms with van der Waals surface area (Å²) in [4.78, 5) is 22.5. The average molecular weight is 495 g/mol. The third kappa shape index (κ3) is 4.18. The van der Waals surface area contributed by atoms with Gasteiger partial charge in [0.05, 0.1) is 41.8 Å². The van der Waals surface area contributed by atoms with Crippen molar-refractivity contribution in [2.24, 2.45) is 0 Å². The lowest BCUT2D eigenvalue weighted by Crippen LogP contribution is -2.10. The first-order chi connectivity index (χ1) is 17.7. The van der Waals surface area contributed by atoms with Gasteiger partial charge in [0.15, 0.2) is 5.82 Å². The Bertz CT molecular complexity index is 1710. The summed E-state index contributed by atoms with van der Waals surface area (Å²) < 4.78 is 6.52. The zero-order valence-electron chi connectivity index (χ0n) is 18.9. The molecule has 6 aromatic rings. The van der Waals surface area contributed by atoms with E-state index < -0.39 is 0 Å². The Morgan fingerprint density at radius 2 is 1.94 bits per heavy atom. The van der Waals surface area contributed by atoms with Gasteiger partial charge in [-0.3, -0.25) is 9.89 Å². The number of carbonyl (C=O) groups excluding carboxylic acids is 1. The van der Waals surface area contributed by atoms with Crippen molar-refractivity contribution in [2.45, 2.75) is 0 Å². The monoisotopic (exact) mass is 494 g/mol. The van der Waals surface area contributed by atoms with Gasteiger partial charge in [-0.1, -0.05) is 0 Å². The van der Waals surface area contributed by atoms with E-state index in [0.717, 1.165) is 32.2 Å². The summed E-state index contributed by atoms with van der Waals surface area (Å²) in [5.41, 5.74) is 3.20. The van der Waals surface area contributed by atoms with Gasteiger partial charge >= 0.3 is 0 Å². The molecule has 0 atom stereocenters. The summed E-state index contributed by atoms with van der Waals surface area (Å²) in [5, 5.41) is 22.5. The molecule has 0 spiro atoms. The van der Waals surface area contributed by atoms with Crippen molar-refractivity contribution in [3.8, 4) is 17.1 Å². The molecule has 11 heteroatoms. The number of nitrogens with zero attached hydrogens (tertiary/aromatic N) is 5. The molecule has 4 aromatic heterocycles. The molecule has 4 heterocycles. The van der Waals surface area contributed by atoms with Gasteiger partial charge in [0.1, 0.15) is 11.6 Å². The number of thiophene rings is 1. The predicted molar refractivity (Wildman–Crippen MR) is 139 cm³/mol. The van der Waals surface area contributed by atoms with Crippen LogP contribution in [0.25, 0.3) is 32.4 Å². The summed E-state index contributed by atoms with van der Waals surface area (Å²) in [5.74, 6) is 1.59. The van der Waals surface area contributed by atoms with E-state index >= 15 is 0 Å². The molecule has 0 unspecified atom stereocenters. The third-order valence-corrected chi connectivity index (χ3v) is 6.59. The van der Waals surface area contributed by atoms with Crippen LogP contribution in [0.15, 0.2) is 73.3 Å². The summed E-state index contributed by atoms with van der Waals surface area (Å²) in [7, 11) is 1.60. The zero-order valence-corrected chi connectivity index (χ0v) is 19.7. The number of carbonyl (C=O) groups is 1. The fraction of sp³-hybridized carbons (Fsp3) is 0.0400. The number of hydrogen-bond acceptors (Lipinski definition) is 9. The summed E-state index contributed by atoms with van der Waals surface area (Å²) in [6, 6.07) is 15.1. The van der Waals surface area contributed by atoms with Crippen molar-refractivity contribution in [2.75, 3.05) is 17.7 Å². The van der Waals surface area contributed by atoms with E-state index in [4.69, 9.17) is 9.72 Å². The first-order valence-corrected chi connectivity index (χ1v) is 11.7. The molecule has 0 radical (unpaired) electrons. The van der Waals surface area contributed by atoms with Crippen molar-refractivity contribution < 1.29 is 9.53 Å². The molecule has 1 amide bonds. The van der Waals surface area contributed by atoms with Crippen LogP contribution in [0.5, 0.6) is 5.75 Å².